The van der Waals surface area contributed by atoms with Crippen molar-refractivity contribution in [1.29, 1.82) is 0 Å². The van der Waals surface area contributed by atoms with Crippen molar-refractivity contribution in [2.75, 3.05) is 39.5 Å². The smallest absolute Gasteiger partial charge is 0.342 e. The molecule has 6 nitrogen and oxygen atoms in total. The van der Waals surface area contributed by atoms with E-state index in [2.05, 4.69) is 4.90 Å². The molecule has 0 bridgehead atoms. The lowest BCUT2D eigenvalue weighted by atomic mass is 9.77. The number of benzene rings is 2. The van der Waals surface area contributed by atoms with Crippen LogP contribution in [0.2, 0.25) is 0 Å². The van der Waals surface area contributed by atoms with Crippen LogP contribution in [0.25, 0.3) is 22.3 Å². The molecule has 0 aliphatic carbocycles. The number of hydrogen-bond donors (Lipinski definition) is 1. The van der Waals surface area contributed by atoms with Crippen molar-refractivity contribution in [2.24, 2.45) is 5.41 Å². The molecule has 0 unspecified atom stereocenters. The monoisotopic (exact) mass is 435 g/mol. The van der Waals surface area contributed by atoms with E-state index < -0.39 is 5.97 Å². The number of nitrogens with zero attached hydrogens (tertiary/aromatic N) is 1. The Balaban J connectivity index is 1.48. The second-order valence-electron chi connectivity index (χ2n) is 8.91. The number of carbonyl (C=O) groups is 1. The van der Waals surface area contributed by atoms with E-state index in [1.807, 2.05) is 30.3 Å². The van der Waals surface area contributed by atoms with E-state index in [1.54, 1.807) is 19.1 Å². The fraction of sp³-hybridized carbons (Fsp3) is 0.423. The molecule has 2 aliphatic rings. The van der Waals surface area contributed by atoms with Crippen LogP contribution >= 0.6 is 0 Å². The van der Waals surface area contributed by atoms with Crippen molar-refractivity contribution in [2.45, 2.75) is 26.2 Å². The van der Waals surface area contributed by atoms with Crippen LogP contribution in [0, 0.1) is 5.41 Å². The van der Waals surface area contributed by atoms with Crippen molar-refractivity contribution in [1.82, 2.24) is 4.90 Å². The highest BCUT2D eigenvalue weighted by molar-refractivity contribution is 6.10. The number of ether oxygens (including phenoxy) is 2. The second kappa shape index (κ2) is 8.60. The molecule has 2 saturated heterocycles. The largest absolute Gasteiger partial charge is 0.508 e. The van der Waals surface area contributed by atoms with Gasteiger partial charge in [-0.1, -0.05) is 30.3 Å². The van der Waals surface area contributed by atoms with Gasteiger partial charge in [0, 0.05) is 28.5 Å². The molecular formula is C26H29NO5. The first-order valence-electron chi connectivity index (χ1n) is 11.4. The molecule has 32 heavy (non-hydrogen) atoms. The van der Waals surface area contributed by atoms with Gasteiger partial charge in [-0.15, -0.1) is 0 Å². The number of carbonyl (C=O) groups excluding carboxylic acids is 1. The molecule has 1 aromatic heterocycles. The van der Waals surface area contributed by atoms with Crippen LogP contribution in [0.1, 0.15) is 35.7 Å². The summed E-state index contributed by atoms with van der Waals surface area (Å²) >= 11 is 0. The number of phenolic OH excluding ortho intramolecular Hbond substituents is 1. The van der Waals surface area contributed by atoms with Crippen molar-refractivity contribution in [3.63, 3.8) is 0 Å². The molecule has 0 radical (unpaired) electrons. The second-order valence-corrected chi connectivity index (χ2v) is 8.91. The van der Waals surface area contributed by atoms with Crippen LogP contribution in [0.3, 0.4) is 0 Å². The number of fused-ring (bicyclic) bond motifs is 1. The molecule has 2 aliphatic heterocycles. The van der Waals surface area contributed by atoms with E-state index in [4.69, 9.17) is 13.9 Å². The maximum Gasteiger partial charge on any atom is 0.342 e. The molecule has 2 aromatic carbocycles. The van der Waals surface area contributed by atoms with Crippen LogP contribution < -0.4 is 0 Å². The number of rotatable bonds is 6. The summed E-state index contributed by atoms with van der Waals surface area (Å²) in [6.45, 7) is 6.72. The average Bonchev–Trinajstić information content (AvgIpc) is 3.18. The molecule has 1 N–H and O–H groups in total. The molecule has 2 fully saturated rings. The first-order chi connectivity index (χ1) is 15.6. The Bertz CT molecular complexity index is 1110. The van der Waals surface area contributed by atoms with Crippen LogP contribution in [0.15, 0.2) is 46.9 Å². The van der Waals surface area contributed by atoms with E-state index in [1.165, 1.54) is 0 Å². The van der Waals surface area contributed by atoms with Gasteiger partial charge in [0.25, 0.3) is 0 Å². The first-order valence-corrected chi connectivity index (χ1v) is 11.4. The minimum Gasteiger partial charge on any atom is -0.508 e. The lowest BCUT2D eigenvalue weighted by Gasteiger charge is -2.47. The van der Waals surface area contributed by atoms with Crippen molar-refractivity contribution >= 4 is 16.9 Å². The normalized spacial score (nSPS) is 18.0. The Morgan fingerprint density at radius 1 is 1.12 bits per heavy atom. The third kappa shape index (κ3) is 3.78. The number of phenols is 1. The Labute approximate surface area is 187 Å². The van der Waals surface area contributed by atoms with Gasteiger partial charge >= 0.3 is 5.97 Å². The lowest BCUT2D eigenvalue weighted by Crippen LogP contribution is -2.51. The summed E-state index contributed by atoms with van der Waals surface area (Å²) in [6.07, 6.45) is 2.94. The van der Waals surface area contributed by atoms with Gasteiger partial charge in [-0.3, -0.25) is 0 Å². The molecule has 0 atom stereocenters. The predicted molar refractivity (Wildman–Crippen MR) is 122 cm³/mol. The fourth-order valence-corrected chi connectivity index (χ4v) is 4.89. The summed E-state index contributed by atoms with van der Waals surface area (Å²) in [6, 6.07) is 12.9. The SMILES string of the molecule is CCOC(=O)c1c(-c2ccccc2)oc2ccc(O)c(CCN3CCC4(CC3)COC4)c12. The van der Waals surface area contributed by atoms with Crippen molar-refractivity contribution in [3.05, 3.63) is 53.6 Å². The van der Waals surface area contributed by atoms with Crippen molar-refractivity contribution < 1.29 is 23.8 Å². The van der Waals surface area contributed by atoms with Gasteiger partial charge in [0.15, 0.2) is 0 Å². The summed E-state index contributed by atoms with van der Waals surface area (Å²) in [5.74, 6) is 0.238. The van der Waals surface area contributed by atoms with Crippen LogP contribution in [-0.4, -0.2) is 55.4 Å². The quantitative estimate of drug-likeness (QED) is 0.569. The molecule has 3 aromatic rings. The molecule has 0 amide bonds. The third-order valence-electron chi connectivity index (χ3n) is 6.87. The van der Waals surface area contributed by atoms with Crippen LogP contribution in [0.4, 0.5) is 0 Å². The highest BCUT2D eigenvalue weighted by Gasteiger charge is 2.41. The van der Waals surface area contributed by atoms with E-state index in [0.29, 0.717) is 34.1 Å². The predicted octanol–water partition coefficient (Wildman–Crippen LogP) is 4.64. The van der Waals surface area contributed by atoms with Gasteiger partial charge in [-0.25, -0.2) is 4.79 Å². The topological polar surface area (TPSA) is 72.1 Å². The Morgan fingerprint density at radius 3 is 2.53 bits per heavy atom. The number of piperidine rings is 1. The third-order valence-corrected chi connectivity index (χ3v) is 6.87. The molecule has 168 valence electrons. The lowest BCUT2D eigenvalue weighted by molar-refractivity contribution is -0.139. The summed E-state index contributed by atoms with van der Waals surface area (Å²) in [5.41, 5.74) is 2.92. The molecular weight excluding hydrogens is 406 g/mol. The Kier molecular flexibility index (Phi) is 5.66. The van der Waals surface area contributed by atoms with Crippen LogP contribution in [0.5, 0.6) is 5.75 Å². The van der Waals surface area contributed by atoms with E-state index in [0.717, 1.165) is 56.8 Å². The Hall–Kier alpha value is -2.83. The molecule has 3 heterocycles. The van der Waals surface area contributed by atoms with Gasteiger partial charge < -0.3 is 23.9 Å². The first kappa shape index (κ1) is 21.0. The summed E-state index contributed by atoms with van der Waals surface area (Å²) < 4.78 is 17.0. The fourth-order valence-electron chi connectivity index (χ4n) is 4.89. The highest BCUT2D eigenvalue weighted by Crippen LogP contribution is 2.40. The zero-order valence-electron chi connectivity index (χ0n) is 18.4. The standard InChI is InChI=1S/C26H29NO5/c1-2-31-25(29)23-22-19(10-13-27-14-11-26(12-15-27)16-30-17-26)20(28)8-9-21(22)32-24(23)18-6-4-3-5-7-18/h3-9,28H,2,10-17H2,1H3. The summed E-state index contributed by atoms with van der Waals surface area (Å²) in [4.78, 5) is 15.4. The number of hydrogen-bond acceptors (Lipinski definition) is 6. The molecule has 6 heteroatoms. The number of aromatic hydroxyl groups is 1. The van der Waals surface area contributed by atoms with Crippen LogP contribution in [-0.2, 0) is 15.9 Å². The molecule has 0 saturated carbocycles. The van der Waals surface area contributed by atoms with Gasteiger partial charge in [0.1, 0.15) is 22.7 Å². The maximum absolute atomic E-state index is 13.0. The Morgan fingerprint density at radius 2 is 1.88 bits per heavy atom. The van der Waals surface area contributed by atoms with E-state index in [9.17, 15) is 9.90 Å². The highest BCUT2D eigenvalue weighted by atomic mass is 16.5. The molecule has 1 spiro atoms. The average molecular weight is 436 g/mol. The minimum atomic E-state index is -0.429. The van der Waals surface area contributed by atoms with E-state index in [-0.39, 0.29) is 12.4 Å². The molecule has 5 rings (SSSR count). The van der Waals surface area contributed by atoms with Gasteiger partial charge in [0.05, 0.1) is 19.8 Å². The summed E-state index contributed by atoms with van der Waals surface area (Å²) in [5, 5.41) is 11.4. The number of likely N-dealkylation sites (tertiary alicyclic amines) is 1. The van der Waals surface area contributed by atoms with Gasteiger partial charge in [0.2, 0.25) is 0 Å². The van der Waals surface area contributed by atoms with Gasteiger partial charge in [-0.2, -0.15) is 0 Å². The van der Waals surface area contributed by atoms with Gasteiger partial charge in [-0.05, 0) is 51.4 Å². The van der Waals surface area contributed by atoms with E-state index >= 15 is 0 Å². The minimum absolute atomic E-state index is 0.185. The van der Waals surface area contributed by atoms with Crippen molar-refractivity contribution in [3.8, 4) is 17.1 Å². The zero-order chi connectivity index (χ0) is 22.1. The maximum atomic E-state index is 13.0. The number of furan rings is 1. The summed E-state index contributed by atoms with van der Waals surface area (Å²) in [7, 11) is 0. The zero-order valence-corrected chi connectivity index (χ0v) is 18.4. The number of esters is 1.